The maximum absolute atomic E-state index is 2.95. The first-order valence-electron chi connectivity index (χ1n) is 23.4. The minimum atomic E-state index is -1.54. The molecule has 2 saturated carbocycles. The molecule has 4 atom stereocenters. The van der Waals surface area contributed by atoms with Crippen LogP contribution < -0.4 is 36.3 Å². The molecule has 60 heavy (non-hydrogen) atoms. The third-order valence-corrected chi connectivity index (χ3v) is 19.6. The first-order chi connectivity index (χ1) is 28.3. The van der Waals surface area contributed by atoms with Crippen LogP contribution in [-0.2, 0) is 16.2 Å². The van der Waals surface area contributed by atoms with Crippen molar-refractivity contribution in [2.24, 2.45) is 0 Å². The molecule has 2 aliphatic carbocycles. The SMILES string of the molecule is Cc1cccc(N2c3cc(C)ccc3B3c4cc(C(C)(C)C)cc5c4N(c4cc(N6c7ccc([Si](C)(C)C)cc7C7(C)CCCCC67C)cc2c43)C2(C)CCCCC52C)c1. The molecule has 4 heterocycles. The maximum Gasteiger partial charge on any atom is 0.252 e. The fourth-order valence-corrected chi connectivity index (χ4v) is 14.8. The summed E-state index contributed by atoms with van der Waals surface area (Å²) in [5, 5.41) is 1.58. The van der Waals surface area contributed by atoms with E-state index in [4.69, 9.17) is 0 Å². The molecule has 5 aromatic carbocycles. The minimum Gasteiger partial charge on any atom is -0.335 e. The highest BCUT2D eigenvalue weighted by Gasteiger charge is 2.63. The van der Waals surface area contributed by atoms with Gasteiger partial charge >= 0.3 is 0 Å². The third-order valence-electron chi connectivity index (χ3n) is 17.5. The average Bonchev–Trinajstić information content (AvgIpc) is 3.53. The highest BCUT2D eigenvalue weighted by atomic mass is 28.3. The van der Waals surface area contributed by atoms with Gasteiger partial charge in [0.1, 0.15) is 0 Å². The molecule has 4 aliphatic heterocycles. The lowest BCUT2D eigenvalue weighted by Crippen LogP contribution is -2.64. The van der Waals surface area contributed by atoms with Crippen LogP contribution in [0.1, 0.15) is 128 Å². The zero-order valence-electron chi connectivity index (χ0n) is 38.7. The van der Waals surface area contributed by atoms with Gasteiger partial charge in [-0.2, -0.15) is 0 Å². The Morgan fingerprint density at radius 1 is 0.567 bits per heavy atom. The molecular formula is C55H66BN3Si. The van der Waals surface area contributed by atoms with Gasteiger partial charge in [-0.05, 0) is 139 Å². The summed E-state index contributed by atoms with van der Waals surface area (Å²) >= 11 is 0. The predicted molar refractivity (Wildman–Crippen MR) is 263 cm³/mol. The quantitative estimate of drug-likeness (QED) is 0.165. The summed E-state index contributed by atoms with van der Waals surface area (Å²) < 4.78 is 0. The van der Waals surface area contributed by atoms with Crippen molar-refractivity contribution in [1.82, 2.24) is 0 Å². The van der Waals surface area contributed by atoms with Crippen molar-refractivity contribution >= 4 is 76.2 Å². The molecule has 0 N–H and O–H groups in total. The van der Waals surface area contributed by atoms with E-state index in [1.807, 2.05) is 0 Å². The number of hydrogen-bond acceptors (Lipinski definition) is 3. The second-order valence-corrected chi connectivity index (χ2v) is 28.1. The van der Waals surface area contributed by atoms with Crippen molar-refractivity contribution in [3.05, 3.63) is 113 Å². The van der Waals surface area contributed by atoms with Crippen LogP contribution in [0.25, 0.3) is 0 Å². The lowest BCUT2D eigenvalue weighted by Gasteiger charge is -2.53. The Balaban J connectivity index is 1.27. The van der Waals surface area contributed by atoms with Gasteiger partial charge in [0.05, 0.1) is 19.2 Å². The van der Waals surface area contributed by atoms with Crippen molar-refractivity contribution in [3.8, 4) is 0 Å². The van der Waals surface area contributed by atoms with E-state index in [9.17, 15) is 0 Å². The number of anilines is 7. The molecule has 0 aromatic heterocycles. The van der Waals surface area contributed by atoms with Crippen LogP contribution in [0.2, 0.25) is 19.6 Å². The summed E-state index contributed by atoms with van der Waals surface area (Å²) in [6.07, 6.45) is 10.00. The molecule has 0 spiro atoms. The zero-order chi connectivity index (χ0) is 42.1. The highest BCUT2D eigenvalue weighted by Crippen LogP contribution is 2.65. The van der Waals surface area contributed by atoms with Crippen LogP contribution in [-0.4, -0.2) is 25.9 Å². The van der Waals surface area contributed by atoms with Gasteiger partial charge in [-0.25, -0.2) is 0 Å². The normalized spacial score (nSPS) is 27.3. The smallest absolute Gasteiger partial charge is 0.252 e. The summed E-state index contributed by atoms with van der Waals surface area (Å²) in [7, 11) is -1.54. The molecule has 6 aliphatic rings. The molecule has 308 valence electrons. The minimum absolute atomic E-state index is 0.0340. The zero-order valence-corrected chi connectivity index (χ0v) is 39.7. The van der Waals surface area contributed by atoms with Gasteiger partial charge in [0, 0.05) is 50.6 Å². The molecule has 0 bridgehead atoms. The van der Waals surface area contributed by atoms with Crippen molar-refractivity contribution in [2.45, 2.75) is 161 Å². The van der Waals surface area contributed by atoms with Crippen LogP contribution in [0.15, 0.2) is 84.9 Å². The van der Waals surface area contributed by atoms with E-state index in [0.29, 0.717) is 0 Å². The van der Waals surface area contributed by atoms with E-state index in [0.717, 1.165) is 0 Å². The first kappa shape index (κ1) is 38.7. The van der Waals surface area contributed by atoms with E-state index in [1.165, 1.54) is 124 Å². The van der Waals surface area contributed by atoms with Gasteiger partial charge in [-0.15, -0.1) is 0 Å². The van der Waals surface area contributed by atoms with Crippen LogP contribution in [0.4, 0.5) is 39.8 Å². The Labute approximate surface area is 362 Å². The van der Waals surface area contributed by atoms with Gasteiger partial charge in [0.2, 0.25) is 0 Å². The van der Waals surface area contributed by atoms with Gasteiger partial charge in [0.25, 0.3) is 6.71 Å². The summed E-state index contributed by atoms with van der Waals surface area (Å²) in [6, 6.07) is 35.0. The average molecular weight is 808 g/mol. The Morgan fingerprint density at radius 2 is 1.22 bits per heavy atom. The van der Waals surface area contributed by atoms with Crippen LogP contribution in [0.3, 0.4) is 0 Å². The molecule has 5 aromatic rings. The van der Waals surface area contributed by atoms with E-state index in [2.05, 4.69) is 182 Å². The van der Waals surface area contributed by atoms with Crippen LogP contribution >= 0.6 is 0 Å². The standard InChI is InChI=1S/C55H66BN3Si/c1-35-18-17-19-38(28-35)57-46-29-36(2)20-22-43(46)56-44-31-37(51(3,4)5)30-42-50(44)59(55(9)27-16-14-25-53(42,55)7)48-33-39(32-47(57)49(48)56)58-45-23-21-40(60(10,11)12)34-41(45)52(6)24-13-15-26-54(52,58)8/h17-23,28-34H,13-16,24-27H2,1-12H3. The third kappa shape index (κ3) is 4.85. The van der Waals surface area contributed by atoms with Crippen LogP contribution in [0.5, 0.6) is 0 Å². The monoisotopic (exact) mass is 808 g/mol. The van der Waals surface area contributed by atoms with Crippen molar-refractivity contribution in [1.29, 1.82) is 0 Å². The summed E-state index contributed by atoms with van der Waals surface area (Å²) in [5.74, 6) is 0. The molecule has 0 radical (unpaired) electrons. The fraction of sp³-hybridized carbons (Fsp3) is 0.455. The topological polar surface area (TPSA) is 9.72 Å². The Morgan fingerprint density at radius 3 is 1.90 bits per heavy atom. The fourth-order valence-electron chi connectivity index (χ4n) is 13.6. The van der Waals surface area contributed by atoms with E-state index in [-0.39, 0.29) is 34.0 Å². The lowest BCUT2D eigenvalue weighted by molar-refractivity contribution is 0.194. The number of benzene rings is 5. The molecular weight excluding hydrogens is 742 g/mol. The predicted octanol–water partition coefficient (Wildman–Crippen LogP) is 12.2. The molecule has 11 rings (SSSR count). The summed E-state index contributed by atoms with van der Waals surface area (Å²) in [5.41, 5.74) is 21.4. The second-order valence-electron chi connectivity index (χ2n) is 23.1. The Bertz CT molecular complexity index is 2670. The molecule has 5 heteroatoms. The number of aryl methyl sites for hydroxylation is 2. The van der Waals surface area contributed by atoms with Gasteiger partial charge < -0.3 is 14.7 Å². The number of fused-ring (bicyclic) bond motifs is 10. The number of rotatable bonds is 3. The molecule has 3 nitrogen and oxygen atoms in total. The van der Waals surface area contributed by atoms with E-state index in [1.54, 1.807) is 16.3 Å². The van der Waals surface area contributed by atoms with Crippen molar-refractivity contribution < 1.29 is 0 Å². The lowest BCUT2D eigenvalue weighted by atomic mass is 9.33. The van der Waals surface area contributed by atoms with Crippen molar-refractivity contribution in [3.63, 3.8) is 0 Å². The number of nitrogens with zero attached hydrogens (tertiary/aromatic N) is 3. The number of hydrogen-bond donors (Lipinski definition) is 0. The maximum atomic E-state index is 2.95. The summed E-state index contributed by atoms with van der Waals surface area (Å²) in [4.78, 5) is 8.49. The van der Waals surface area contributed by atoms with E-state index < -0.39 is 8.07 Å². The highest BCUT2D eigenvalue weighted by molar-refractivity contribution is 7.00. The van der Waals surface area contributed by atoms with Gasteiger partial charge in [-0.1, -0.05) is 134 Å². The first-order valence-corrected chi connectivity index (χ1v) is 26.9. The largest absolute Gasteiger partial charge is 0.335 e. The summed E-state index contributed by atoms with van der Waals surface area (Å²) in [6.45, 7) is 30.0. The Hall–Kier alpha value is -4.22. The molecule has 2 fully saturated rings. The van der Waals surface area contributed by atoms with Crippen LogP contribution in [0, 0.1) is 13.8 Å². The van der Waals surface area contributed by atoms with Crippen molar-refractivity contribution in [2.75, 3.05) is 14.7 Å². The second kappa shape index (κ2) is 12.2. The molecule has 4 unspecified atom stereocenters. The molecule has 0 amide bonds. The van der Waals surface area contributed by atoms with Gasteiger partial charge in [0.15, 0.2) is 0 Å². The van der Waals surface area contributed by atoms with E-state index >= 15 is 0 Å². The Kier molecular flexibility index (Phi) is 7.89. The van der Waals surface area contributed by atoms with Gasteiger partial charge in [-0.3, -0.25) is 0 Å². The molecule has 0 saturated heterocycles.